The van der Waals surface area contributed by atoms with Crippen molar-refractivity contribution in [2.75, 3.05) is 32.7 Å². The Bertz CT molecular complexity index is 1300. The third-order valence-electron chi connectivity index (χ3n) is 5.11. The monoisotopic (exact) mass is 538 g/mol. The van der Waals surface area contributed by atoms with Crippen LogP contribution in [0.3, 0.4) is 0 Å². The summed E-state index contributed by atoms with van der Waals surface area (Å²) in [6, 6.07) is 19.2. The summed E-state index contributed by atoms with van der Waals surface area (Å²) in [4.78, 5) is 36.1. The van der Waals surface area contributed by atoms with Gasteiger partial charge in [-0.05, 0) is 60.0 Å². The Morgan fingerprint density at radius 2 is 1.63 bits per heavy atom. The molecule has 3 amide bonds. The van der Waals surface area contributed by atoms with Gasteiger partial charge in [0.25, 0.3) is 5.91 Å². The Balaban J connectivity index is 1.41. The summed E-state index contributed by atoms with van der Waals surface area (Å²) in [6.07, 6.45) is 1.82. The van der Waals surface area contributed by atoms with E-state index in [1.54, 1.807) is 56.7 Å². The minimum Gasteiger partial charge on any atom is -0.493 e. The molecule has 0 bridgehead atoms. The van der Waals surface area contributed by atoms with E-state index < -0.39 is 11.8 Å². The molecule has 10 nitrogen and oxygen atoms in total. The minimum atomic E-state index is -0.913. The van der Waals surface area contributed by atoms with Crippen molar-refractivity contribution >= 4 is 41.2 Å². The maximum absolute atomic E-state index is 12.0. The van der Waals surface area contributed by atoms with Crippen molar-refractivity contribution in [1.29, 1.82) is 0 Å². The average molecular weight is 539 g/mol. The number of hydrazone groups is 1. The number of hydrogen-bond donors (Lipinski definition) is 3. The van der Waals surface area contributed by atoms with Crippen molar-refractivity contribution < 1.29 is 28.6 Å². The number of carbonyl (C=O) groups is 3. The van der Waals surface area contributed by atoms with Crippen molar-refractivity contribution in [1.82, 2.24) is 10.7 Å². The Labute approximate surface area is 224 Å². The molecule has 38 heavy (non-hydrogen) atoms. The van der Waals surface area contributed by atoms with Crippen LogP contribution in [0.2, 0.25) is 5.02 Å². The van der Waals surface area contributed by atoms with Gasteiger partial charge in [0.05, 0.1) is 25.5 Å². The molecule has 3 aromatic carbocycles. The van der Waals surface area contributed by atoms with E-state index in [4.69, 9.17) is 25.8 Å². The summed E-state index contributed by atoms with van der Waals surface area (Å²) < 4.78 is 15.9. The lowest BCUT2D eigenvalue weighted by molar-refractivity contribution is -0.139. The number of amides is 3. The van der Waals surface area contributed by atoms with Crippen LogP contribution < -0.4 is 30.3 Å². The van der Waals surface area contributed by atoms with E-state index in [9.17, 15) is 14.4 Å². The molecular formula is C27H27ClN4O6. The molecular weight excluding hydrogens is 512 g/mol. The number of ether oxygens (including phenoxy) is 3. The standard InChI is InChI=1S/C27H27ClN4O6/c1-36-23-11-8-18(15-24(23)37-2)12-13-29-26(34)27(35)32-30-16-19-9-10-22(21(28)14-19)38-17-25(33)31-20-6-4-3-5-7-20/h3-11,14-16H,12-13,17H2,1-2H3,(H,29,34)(H,31,33)(H,32,35)/b30-16-. The fourth-order valence-electron chi connectivity index (χ4n) is 3.23. The summed E-state index contributed by atoms with van der Waals surface area (Å²) in [5.41, 5.74) is 4.28. The van der Waals surface area contributed by atoms with Crippen molar-refractivity contribution in [3.05, 3.63) is 82.9 Å². The van der Waals surface area contributed by atoms with Gasteiger partial charge in [-0.2, -0.15) is 5.10 Å². The second kappa shape index (κ2) is 14.2. The average Bonchev–Trinajstić information content (AvgIpc) is 2.92. The van der Waals surface area contributed by atoms with Crippen molar-refractivity contribution in [3.63, 3.8) is 0 Å². The Morgan fingerprint density at radius 1 is 0.895 bits per heavy atom. The molecule has 0 fully saturated rings. The van der Waals surface area contributed by atoms with Crippen LogP contribution in [0.25, 0.3) is 0 Å². The smallest absolute Gasteiger partial charge is 0.329 e. The van der Waals surface area contributed by atoms with Crippen LogP contribution in [0.15, 0.2) is 71.8 Å². The van der Waals surface area contributed by atoms with E-state index in [1.807, 2.05) is 24.3 Å². The Hall–Kier alpha value is -4.57. The van der Waals surface area contributed by atoms with Gasteiger partial charge in [0.1, 0.15) is 5.75 Å². The number of anilines is 1. The highest BCUT2D eigenvalue weighted by Gasteiger charge is 2.12. The molecule has 198 valence electrons. The molecule has 3 rings (SSSR count). The maximum atomic E-state index is 12.0. The van der Waals surface area contributed by atoms with Gasteiger partial charge < -0.3 is 24.8 Å². The van der Waals surface area contributed by atoms with Gasteiger partial charge in [-0.3, -0.25) is 14.4 Å². The zero-order valence-electron chi connectivity index (χ0n) is 20.8. The number of rotatable bonds is 11. The molecule has 3 N–H and O–H groups in total. The predicted molar refractivity (Wildman–Crippen MR) is 144 cm³/mol. The topological polar surface area (TPSA) is 127 Å². The van der Waals surface area contributed by atoms with Gasteiger partial charge in [-0.1, -0.05) is 35.9 Å². The first-order valence-electron chi connectivity index (χ1n) is 11.5. The van der Waals surface area contributed by atoms with Crippen molar-refractivity contribution in [2.45, 2.75) is 6.42 Å². The lowest BCUT2D eigenvalue weighted by atomic mass is 10.1. The molecule has 11 heteroatoms. The Morgan fingerprint density at radius 3 is 2.34 bits per heavy atom. The van der Waals surface area contributed by atoms with Crippen LogP contribution in [0.1, 0.15) is 11.1 Å². The normalized spacial score (nSPS) is 10.5. The first-order valence-corrected chi connectivity index (χ1v) is 11.9. The van der Waals surface area contributed by atoms with Crippen LogP contribution in [0.4, 0.5) is 5.69 Å². The molecule has 0 spiro atoms. The molecule has 0 unspecified atom stereocenters. The summed E-state index contributed by atoms with van der Waals surface area (Å²) in [5, 5.41) is 9.28. The number of nitrogens with one attached hydrogen (secondary N) is 3. The molecule has 0 atom stereocenters. The van der Waals surface area contributed by atoms with Gasteiger partial charge in [0.2, 0.25) is 0 Å². The highest BCUT2D eigenvalue weighted by atomic mass is 35.5. The van der Waals surface area contributed by atoms with E-state index in [1.165, 1.54) is 6.21 Å². The van der Waals surface area contributed by atoms with Gasteiger partial charge in [0, 0.05) is 12.2 Å². The molecule has 0 aromatic heterocycles. The third-order valence-corrected chi connectivity index (χ3v) is 5.40. The first kappa shape index (κ1) is 28.0. The summed E-state index contributed by atoms with van der Waals surface area (Å²) in [7, 11) is 3.09. The highest BCUT2D eigenvalue weighted by Crippen LogP contribution is 2.27. The lowest BCUT2D eigenvalue weighted by Gasteiger charge is -2.10. The molecule has 0 saturated carbocycles. The number of benzene rings is 3. The quantitative estimate of drug-likeness (QED) is 0.195. The number of methoxy groups -OCH3 is 2. The van der Waals surface area contributed by atoms with Gasteiger partial charge >= 0.3 is 11.8 Å². The summed E-state index contributed by atoms with van der Waals surface area (Å²) in [5.74, 6) is -0.571. The second-order valence-corrected chi connectivity index (χ2v) is 8.19. The largest absolute Gasteiger partial charge is 0.493 e. The fraction of sp³-hybridized carbons (Fsp3) is 0.185. The van der Waals surface area contributed by atoms with E-state index in [-0.39, 0.29) is 24.1 Å². The number of nitrogens with zero attached hydrogens (tertiary/aromatic N) is 1. The molecule has 3 aromatic rings. The van der Waals surface area contributed by atoms with E-state index in [2.05, 4.69) is 21.2 Å². The molecule has 0 aliphatic carbocycles. The highest BCUT2D eigenvalue weighted by molar-refractivity contribution is 6.35. The van der Waals surface area contributed by atoms with Crippen LogP contribution in [0.5, 0.6) is 17.2 Å². The van der Waals surface area contributed by atoms with E-state index >= 15 is 0 Å². The van der Waals surface area contributed by atoms with Crippen LogP contribution in [-0.2, 0) is 20.8 Å². The third kappa shape index (κ3) is 8.52. The number of carbonyl (C=O) groups excluding carboxylic acids is 3. The lowest BCUT2D eigenvalue weighted by Crippen LogP contribution is -2.38. The number of halogens is 1. The van der Waals surface area contributed by atoms with E-state index in [0.29, 0.717) is 34.9 Å². The van der Waals surface area contributed by atoms with Crippen LogP contribution in [0, 0.1) is 0 Å². The SMILES string of the molecule is COc1ccc(CCNC(=O)C(=O)N/N=C\c2ccc(OCC(=O)Nc3ccccc3)c(Cl)c2)cc1OC. The molecule has 0 radical (unpaired) electrons. The number of hydrogen-bond acceptors (Lipinski definition) is 7. The Kier molecular flexibility index (Phi) is 10.5. The number of para-hydroxylation sites is 1. The second-order valence-electron chi connectivity index (χ2n) is 7.79. The fourth-order valence-corrected chi connectivity index (χ4v) is 3.47. The van der Waals surface area contributed by atoms with Crippen LogP contribution >= 0.6 is 11.6 Å². The van der Waals surface area contributed by atoms with Crippen molar-refractivity contribution in [3.8, 4) is 17.2 Å². The van der Waals surface area contributed by atoms with Gasteiger partial charge in [-0.15, -0.1) is 0 Å². The van der Waals surface area contributed by atoms with Crippen LogP contribution in [-0.4, -0.2) is 51.3 Å². The summed E-state index contributed by atoms with van der Waals surface area (Å²) >= 11 is 6.22. The summed E-state index contributed by atoms with van der Waals surface area (Å²) in [6.45, 7) is 0.0190. The maximum Gasteiger partial charge on any atom is 0.329 e. The molecule has 0 aliphatic rings. The molecule has 0 saturated heterocycles. The van der Waals surface area contributed by atoms with Gasteiger partial charge in [0.15, 0.2) is 18.1 Å². The molecule has 0 aliphatic heterocycles. The minimum absolute atomic E-state index is 0.223. The van der Waals surface area contributed by atoms with Gasteiger partial charge in [-0.25, -0.2) is 5.43 Å². The zero-order valence-corrected chi connectivity index (χ0v) is 21.6. The molecule has 0 heterocycles. The predicted octanol–water partition coefficient (Wildman–Crippen LogP) is 3.18. The van der Waals surface area contributed by atoms with E-state index in [0.717, 1.165) is 5.56 Å². The first-order chi connectivity index (χ1) is 18.4. The zero-order chi connectivity index (χ0) is 27.3. The van der Waals surface area contributed by atoms with Crippen molar-refractivity contribution in [2.24, 2.45) is 5.10 Å².